The van der Waals surface area contributed by atoms with Crippen LogP contribution in [0.5, 0.6) is 5.75 Å². The van der Waals surface area contributed by atoms with Crippen LogP contribution >= 0.6 is 11.6 Å². The van der Waals surface area contributed by atoms with Gasteiger partial charge in [0.05, 0.1) is 22.8 Å². The molecule has 2 bridgehead atoms. The van der Waals surface area contributed by atoms with Gasteiger partial charge in [0, 0.05) is 30.4 Å². The molecule has 3 atom stereocenters. The predicted molar refractivity (Wildman–Crippen MR) is 128 cm³/mol. The van der Waals surface area contributed by atoms with Gasteiger partial charge in [-0.25, -0.2) is 4.39 Å². The van der Waals surface area contributed by atoms with E-state index in [1.807, 2.05) is 13.8 Å². The largest absolute Gasteiger partial charge is 0.484 e. The molecule has 5 N–H and O–H groups in total. The summed E-state index contributed by atoms with van der Waals surface area (Å²) in [5.41, 5.74) is -1.27. The highest BCUT2D eigenvalue weighted by Crippen LogP contribution is 2.47. The van der Waals surface area contributed by atoms with Gasteiger partial charge in [-0.15, -0.1) is 0 Å². The van der Waals surface area contributed by atoms with Crippen LogP contribution in [0.4, 0.5) is 4.39 Å². The van der Waals surface area contributed by atoms with E-state index in [0.29, 0.717) is 38.8 Å². The highest BCUT2D eigenvalue weighted by atomic mass is 35.5. The lowest BCUT2D eigenvalue weighted by atomic mass is 9.60. The monoisotopic (exact) mass is 512 g/mol. The Labute approximate surface area is 209 Å². The van der Waals surface area contributed by atoms with Crippen molar-refractivity contribution in [2.45, 2.75) is 81.3 Å². The number of aliphatic hydroxyl groups excluding tert-OH is 1. The van der Waals surface area contributed by atoms with E-state index < -0.39 is 23.0 Å². The predicted octanol–water partition coefficient (Wildman–Crippen LogP) is 1.22. The Bertz CT molecular complexity index is 932. The molecule has 1 heterocycles. The van der Waals surface area contributed by atoms with E-state index in [0.717, 1.165) is 6.07 Å². The minimum absolute atomic E-state index is 0.0201. The van der Waals surface area contributed by atoms with Crippen molar-refractivity contribution in [3.8, 4) is 5.75 Å². The summed E-state index contributed by atoms with van der Waals surface area (Å²) in [7, 11) is 0. The average Bonchev–Trinajstić information content (AvgIpc) is 2.81. The number of fused-ring (bicyclic) bond motifs is 3. The standard InChI is InChI=1S/C24H34ClFN4O5/c1-14-22(15(2)28-13-27-14)35-12-21(33)30-24-7-5-23(6-8-24,10-19(24)31)29-20(32)11-34-16-3-4-17(25)18(26)9-16/h3-4,9,14-15,19,22,27-28,31H,5-8,10-13H2,1-2H3,(H,29,32)(H,30,33)/t14?,15?,19-,22?,23?,24?/m0/s1. The van der Waals surface area contributed by atoms with Gasteiger partial charge in [-0.1, -0.05) is 11.6 Å². The SMILES string of the molecule is CC1NCNC(C)C1OCC(=O)NC12CCC(NC(=O)COc3ccc(Cl)c(F)c3)(CC1)C[C@@H]2O. The van der Waals surface area contributed by atoms with Crippen molar-refractivity contribution in [3.63, 3.8) is 0 Å². The van der Waals surface area contributed by atoms with Gasteiger partial charge in [0.2, 0.25) is 5.91 Å². The molecule has 1 aromatic rings. The minimum Gasteiger partial charge on any atom is -0.484 e. The quantitative estimate of drug-likeness (QED) is 0.355. The lowest BCUT2D eigenvalue weighted by molar-refractivity contribution is -0.141. The van der Waals surface area contributed by atoms with Gasteiger partial charge in [-0.05, 0) is 58.1 Å². The molecular weight excluding hydrogens is 479 g/mol. The molecule has 2 amide bonds. The second-order valence-corrected chi connectivity index (χ2v) is 10.5. The summed E-state index contributed by atoms with van der Waals surface area (Å²) >= 11 is 5.66. The lowest BCUT2D eigenvalue weighted by Gasteiger charge is -2.56. The van der Waals surface area contributed by atoms with Crippen LogP contribution in [0.2, 0.25) is 5.02 Å². The molecule has 0 aromatic heterocycles. The summed E-state index contributed by atoms with van der Waals surface area (Å²) in [5, 5.41) is 23.5. The number of ether oxygens (including phenoxy) is 2. The first-order chi connectivity index (χ1) is 16.6. The van der Waals surface area contributed by atoms with E-state index in [9.17, 15) is 19.1 Å². The number of amides is 2. The summed E-state index contributed by atoms with van der Waals surface area (Å²) in [6.45, 7) is 4.39. The van der Waals surface area contributed by atoms with Gasteiger partial charge in [0.1, 0.15) is 18.2 Å². The van der Waals surface area contributed by atoms with Crippen LogP contribution in [0.3, 0.4) is 0 Å². The maximum atomic E-state index is 13.6. The van der Waals surface area contributed by atoms with Crippen molar-refractivity contribution in [2.24, 2.45) is 0 Å². The van der Waals surface area contributed by atoms with E-state index in [2.05, 4.69) is 21.3 Å². The minimum atomic E-state index is -0.795. The van der Waals surface area contributed by atoms with Gasteiger partial charge in [-0.2, -0.15) is 0 Å². The summed E-state index contributed by atoms with van der Waals surface area (Å²) < 4.78 is 24.8. The smallest absolute Gasteiger partial charge is 0.258 e. The van der Waals surface area contributed by atoms with Crippen LogP contribution in [0.15, 0.2) is 18.2 Å². The number of hydrogen-bond donors (Lipinski definition) is 5. The summed E-state index contributed by atoms with van der Waals surface area (Å²) in [6, 6.07) is 4.23. The average molecular weight is 513 g/mol. The fourth-order valence-electron chi connectivity index (χ4n) is 5.53. The Morgan fingerprint density at radius 1 is 1.11 bits per heavy atom. The maximum absolute atomic E-state index is 13.6. The zero-order valence-corrected chi connectivity index (χ0v) is 20.8. The number of nitrogens with one attached hydrogen (secondary N) is 4. The van der Waals surface area contributed by atoms with Gasteiger partial charge < -0.3 is 25.2 Å². The van der Waals surface area contributed by atoms with E-state index in [1.54, 1.807) is 0 Å². The second kappa shape index (κ2) is 10.6. The number of hydrogen-bond acceptors (Lipinski definition) is 7. The molecule has 11 heteroatoms. The fraction of sp³-hybridized carbons (Fsp3) is 0.667. The van der Waals surface area contributed by atoms with Crippen molar-refractivity contribution < 1.29 is 28.6 Å². The van der Waals surface area contributed by atoms with Crippen LogP contribution in [-0.4, -0.2) is 72.2 Å². The molecule has 4 aliphatic rings. The zero-order valence-electron chi connectivity index (χ0n) is 20.0. The molecule has 2 unspecified atom stereocenters. The summed E-state index contributed by atoms with van der Waals surface area (Å²) in [5.74, 6) is -1.02. The first-order valence-electron chi connectivity index (χ1n) is 12.1. The molecule has 1 aromatic carbocycles. The van der Waals surface area contributed by atoms with Gasteiger partial charge >= 0.3 is 0 Å². The third kappa shape index (κ3) is 5.89. The molecule has 3 aliphatic carbocycles. The molecule has 0 radical (unpaired) electrons. The maximum Gasteiger partial charge on any atom is 0.258 e. The Balaban J connectivity index is 1.26. The van der Waals surface area contributed by atoms with Crippen molar-refractivity contribution in [3.05, 3.63) is 29.0 Å². The lowest BCUT2D eigenvalue weighted by Crippen LogP contribution is -2.70. The molecular formula is C24H34ClFN4O5. The number of carbonyl (C=O) groups is 2. The van der Waals surface area contributed by atoms with Crippen LogP contribution in [-0.2, 0) is 14.3 Å². The number of halogens is 2. The first kappa shape index (κ1) is 26.1. The van der Waals surface area contributed by atoms with Crippen molar-refractivity contribution in [1.82, 2.24) is 21.3 Å². The number of benzene rings is 1. The topological polar surface area (TPSA) is 121 Å². The molecule has 0 spiro atoms. The van der Waals surface area contributed by atoms with E-state index in [1.165, 1.54) is 12.1 Å². The van der Waals surface area contributed by atoms with E-state index >= 15 is 0 Å². The fourth-order valence-corrected chi connectivity index (χ4v) is 5.65. The Kier molecular flexibility index (Phi) is 7.87. The van der Waals surface area contributed by atoms with Crippen LogP contribution in [0.25, 0.3) is 0 Å². The van der Waals surface area contributed by atoms with E-state index in [-0.39, 0.29) is 54.0 Å². The van der Waals surface area contributed by atoms with Crippen molar-refractivity contribution in [1.29, 1.82) is 0 Å². The second-order valence-electron chi connectivity index (χ2n) is 10.1. The van der Waals surface area contributed by atoms with Gasteiger partial charge in [0.25, 0.3) is 5.91 Å². The molecule has 35 heavy (non-hydrogen) atoms. The summed E-state index contributed by atoms with van der Waals surface area (Å²) in [6.07, 6.45) is 1.74. The number of aliphatic hydroxyl groups is 1. The molecule has 194 valence electrons. The van der Waals surface area contributed by atoms with Crippen LogP contribution in [0, 0.1) is 5.82 Å². The van der Waals surface area contributed by atoms with Gasteiger partial charge in [0.15, 0.2) is 6.61 Å². The Morgan fingerprint density at radius 3 is 2.40 bits per heavy atom. The highest BCUT2D eigenvalue weighted by Gasteiger charge is 2.55. The third-order valence-electron chi connectivity index (χ3n) is 7.62. The Hall–Kier alpha value is -1.98. The highest BCUT2D eigenvalue weighted by molar-refractivity contribution is 6.30. The third-order valence-corrected chi connectivity index (χ3v) is 7.92. The zero-order chi connectivity index (χ0) is 25.2. The molecule has 9 nitrogen and oxygen atoms in total. The van der Waals surface area contributed by atoms with Crippen molar-refractivity contribution in [2.75, 3.05) is 19.9 Å². The van der Waals surface area contributed by atoms with Gasteiger partial charge in [-0.3, -0.25) is 20.2 Å². The van der Waals surface area contributed by atoms with Crippen LogP contribution in [0.1, 0.15) is 46.0 Å². The number of rotatable bonds is 8. The Morgan fingerprint density at radius 2 is 1.77 bits per heavy atom. The molecule has 1 saturated heterocycles. The first-order valence-corrected chi connectivity index (χ1v) is 12.5. The molecule has 4 fully saturated rings. The number of carbonyl (C=O) groups excluding carboxylic acids is 2. The van der Waals surface area contributed by atoms with E-state index in [4.69, 9.17) is 21.1 Å². The van der Waals surface area contributed by atoms with Crippen LogP contribution < -0.4 is 26.0 Å². The normalized spacial score (nSPS) is 34.3. The molecule has 5 rings (SSSR count). The molecule has 3 saturated carbocycles. The summed E-state index contributed by atoms with van der Waals surface area (Å²) in [4.78, 5) is 25.2. The molecule has 1 aliphatic heterocycles. The van der Waals surface area contributed by atoms with Crippen molar-refractivity contribution >= 4 is 23.4 Å².